The van der Waals surface area contributed by atoms with Crippen LogP contribution in [0.25, 0.3) is 11.3 Å². The number of amides is 1. The van der Waals surface area contributed by atoms with Gasteiger partial charge >= 0.3 is 6.18 Å². The van der Waals surface area contributed by atoms with Gasteiger partial charge in [-0.2, -0.15) is 13.2 Å². The van der Waals surface area contributed by atoms with E-state index in [0.29, 0.717) is 0 Å². The number of halogens is 4. The molecule has 3 aromatic rings. The van der Waals surface area contributed by atoms with Crippen molar-refractivity contribution in [2.45, 2.75) is 6.18 Å². The molecule has 1 aromatic carbocycles. The van der Waals surface area contributed by atoms with Crippen molar-refractivity contribution in [2.24, 2.45) is 0 Å². The smallest absolute Gasteiger partial charge is 0.320 e. The van der Waals surface area contributed by atoms with Gasteiger partial charge in [0.1, 0.15) is 5.82 Å². The predicted molar refractivity (Wildman–Crippen MR) is 86.8 cm³/mol. The van der Waals surface area contributed by atoms with E-state index < -0.39 is 29.3 Å². The molecule has 132 valence electrons. The van der Waals surface area contributed by atoms with Crippen LogP contribution in [-0.2, 0) is 6.18 Å². The fourth-order valence-corrected chi connectivity index (χ4v) is 2.27. The van der Waals surface area contributed by atoms with Gasteiger partial charge in [0.15, 0.2) is 5.69 Å². The van der Waals surface area contributed by atoms with Gasteiger partial charge in [-0.1, -0.05) is 18.2 Å². The summed E-state index contributed by atoms with van der Waals surface area (Å²) in [5.74, 6) is -1.39. The summed E-state index contributed by atoms with van der Waals surface area (Å²) >= 11 is 0. The number of benzene rings is 1. The van der Waals surface area contributed by atoms with Crippen LogP contribution in [0.1, 0.15) is 16.1 Å². The third kappa shape index (κ3) is 3.85. The molecule has 0 atom stereocenters. The standard InChI is InChI=1S/C18H11F4N3O/c19-13-8-12(9-23-10-13)14-6-7-15(16(24-14)18(20,21)22)25-17(26)11-4-2-1-3-5-11/h1-10H,(H,25,26). The maximum absolute atomic E-state index is 13.4. The Morgan fingerprint density at radius 3 is 2.38 bits per heavy atom. The molecule has 3 rings (SSSR count). The summed E-state index contributed by atoms with van der Waals surface area (Å²) in [4.78, 5) is 19.3. The lowest BCUT2D eigenvalue weighted by Crippen LogP contribution is -2.18. The van der Waals surface area contributed by atoms with Crippen molar-refractivity contribution in [3.8, 4) is 11.3 Å². The molecule has 2 aromatic heterocycles. The average Bonchev–Trinajstić information content (AvgIpc) is 2.62. The number of nitrogens with zero attached hydrogens (tertiary/aromatic N) is 2. The zero-order chi connectivity index (χ0) is 18.7. The Kier molecular flexibility index (Phi) is 4.66. The Morgan fingerprint density at radius 2 is 1.73 bits per heavy atom. The van der Waals surface area contributed by atoms with Crippen LogP contribution in [-0.4, -0.2) is 15.9 Å². The molecule has 26 heavy (non-hydrogen) atoms. The molecule has 8 heteroatoms. The van der Waals surface area contributed by atoms with E-state index in [1.807, 2.05) is 0 Å². The molecule has 0 radical (unpaired) electrons. The number of carbonyl (C=O) groups is 1. The number of hydrogen-bond donors (Lipinski definition) is 1. The van der Waals surface area contributed by atoms with Gasteiger partial charge in [-0.15, -0.1) is 0 Å². The van der Waals surface area contributed by atoms with Crippen LogP contribution in [0, 0.1) is 5.82 Å². The van der Waals surface area contributed by atoms with E-state index in [4.69, 9.17) is 0 Å². The molecule has 1 amide bonds. The van der Waals surface area contributed by atoms with Crippen molar-refractivity contribution in [1.82, 2.24) is 9.97 Å². The van der Waals surface area contributed by atoms with Crippen molar-refractivity contribution >= 4 is 11.6 Å². The third-order valence-corrected chi connectivity index (χ3v) is 3.45. The minimum absolute atomic E-state index is 0.0939. The Bertz CT molecular complexity index is 943. The Morgan fingerprint density at radius 1 is 1.00 bits per heavy atom. The molecule has 0 spiro atoms. The van der Waals surface area contributed by atoms with Crippen LogP contribution in [0.2, 0.25) is 0 Å². The van der Waals surface area contributed by atoms with E-state index in [1.165, 1.54) is 24.4 Å². The van der Waals surface area contributed by atoms with Gasteiger partial charge < -0.3 is 5.32 Å². The average molecular weight is 361 g/mol. The highest BCUT2D eigenvalue weighted by Crippen LogP contribution is 2.35. The topological polar surface area (TPSA) is 54.9 Å². The number of nitrogens with one attached hydrogen (secondary N) is 1. The lowest BCUT2D eigenvalue weighted by atomic mass is 10.1. The highest BCUT2D eigenvalue weighted by molar-refractivity contribution is 6.04. The quantitative estimate of drug-likeness (QED) is 0.696. The van der Waals surface area contributed by atoms with Gasteiger partial charge in [0, 0.05) is 17.3 Å². The number of hydrogen-bond acceptors (Lipinski definition) is 3. The molecule has 0 bridgehead atoms. The summed E-state index contributed by atoms with van der Waals surface area (Å²) in [5, 5.41) is 2.21. The molecule has 2 heterocycles. The fourth-order valence-electron chi connectivity index (χ4n) is 2.27. The monoisotopic (exact) mass is 361 g/mol. The number of aromatic nitrogens is 2. The minimum atomic E-state index is -4.81. The van der Waals surface area contributed by atoms with Crippen molar-refractivity contribution in [3.63, 3.8) is 0 Å². The molecule has 0 saturated heterocycles. The van der Waals surface area contributed by atoms with Crippen molar-refractivity contribution in [1.29, 1.82) is 0 Å². The van der Waals surface area contributed by atoms with E-state index in [0.717, 1.165) is 18.3 Å². The molecule has 1 N–H and O–H groups in total. The van der Waals surface area contributed by atoms with Crippen molar-refractivity contribution in [2.75, 3.05) is 5.32 Å². The van der Waals surface area contributed by atoms with Crippen molar-refractivity contribution in [3.05, 3.63) is 78.0 Å². The minimum Gasteiger partial charge on any atom is -0.320 e. The van der Waals surface area contributed by atoms with Crippen molar-refractivity contribution < 1.29 is 22.4 Å². The van der Waals surface area contributed by atoms with E-state index in [1.54, 1.807) is 18.2 Å². The molecule has 0 aliphatic rings. The first-order valence-electron chi connectivity index (χ1n) is 7.40. The van der Waals surface area contributed by atoms with Crippen LogP contribution < -0.4 is 5.32 Å². The number of carbonyl (C=O) groups excluding carboxylic acids is 1. The number of rotatable bonds is 3. The summed E-state index contributed by atoms with van der Waals surface area (Å²) < 4.78 is 53.4. The fraction of sp³-hybridized carbons (Fsp3) is 0.0556. The van der Waals surface area contributed by atoms with Gasteiger partial charge in [0.2, 0.25) is 0 Å². The highest BCUT2D eigenvalue weighted by atomic mass is 19.4. The van der Waals surface area contributed by atoms with E-state index in [2.05, 4.69) is 15.3 Å². The van der Waals surface area contributed by atoms with Gasteiger partial charge in [-0.05, 0) is 30.3 Å². The molecule has 0 fully saturated rings. The maximum atomic E-state index is 13.4. The van der Waals surface area contributed by atoms with Gasteiger partial charge in [0.05, 0.1) is 17.6 Å². The highest BCUT2D eigenvalue weighted by Gasteiger charge is 2.36. The summed E-state index contributed by atoms with van der Waals surface area (Å²) in [6.45, 7) is 0. The molecule has 4 nitrogen and oxygen atoms in total. The van der Waals surface area contributed by atoms with Crippen LogP contribution in [0.3, 0.4) is 0 Å². The first-order valence-corrected chi connectivity index (χ1v) is 7.40. The lowest BCUT2D eigenvalue weighted by Gasteiger charge is -2.14. The number of pyridine rings is 2. The Labute approximate surface area is 145 Å². The second-order valence-corrected chi connectivity index (χ2v) is 5.30. The number of alkyl halides is 3. The first-order chi connectivity index (χ1) is 12.3. The molecular weight excluding hydrogens is 350 g/mol. The molecular formula is C18H11F4N3O. The summed E-state index contributed by atoms with van der Waals surface area (Å²) in [5.41, 5.74) is -1.57. The maximum Gasteiger partial charge on any atom is 0.435 e. The van der Waals surface area contributed by atoms with E-state index >= 15 is 0 Å². The van der Waals surface area contributed by atoms with Crippen LogP contribution in [0.4, 0.5) is 23.2 Å². The summed E-state index contributed by atoms with van der Waals surface area (Å²) in [6.07, 6.45) is -2.67. The zero-order valence-electron chi connectivity index (χ0n) is 13.1. The van der Waals surface area contributed by atoms with Crippen LogP contribution in [0.15, 0.2) is 60.9 Å². The van der Waals surface area contributed by atoms with E-state index in [9.17, 15) is 22.4 Å². The summed E-state index contributed by atoms with van der Waals surface area (Å²) in [6, 6.07) is 11.2. The SMILES string of the molecule is O=C(Nc1ccc(-c2cncc(F)c2)nc1C(F)(F)F)c1ccccc1. The third-order valence-electron chi connectivity index (χ3n) is 3.45. The van der Waals surface area contributed by atoms with Gasteiger partial charge in [-0.3, -0.25) is 9.78 Å². The first kappa shape index (κ1) is 17.5. The largest absolute Gasteiger partial charge is 0.435 e. The predicted octanol–water partition coefficient (Wildman–Crippen LogP) is 4.55. The molecule has 0 aliphatic carbocycles. The lowest BCUT2D eigenvalue weighted by molar-refractivity contribution is -0.140. The Hall–Kier alpha value is -3.29. The second-order valence-electron chi connectivity index (χ2n) is 5.30. The normalized spacial score (nSPS) is 11.2. The Balaban J connectivity index is 1.99. The second kappa shape index (κ2) is 6.91. The molecule has 0 aliphatic heterocycles. The van der Waals surface area contributed by atoms with Gasteiger partial charge in [0.25, 0.3) is 5.91 Å². The zero-order valence-corrected chi connectivity index (χ0v) is 13.1. The van der Waals surface area contributed by atoms with Crippen LogP contribution >= 0.6 is 0 Å². The summed E-state index contributed by atoms with van der Waals surface area (Å²) in [7, 11) is 0. The molecule has 0 saturated carbocycles. The number of anilines is 1. The van der Waals surface area contributed by atoms with E-state index in [-0.39, 0.29) is 16.8 Å². The molecule has 0 unspecified atom stereocenters. The van der Waals surface area contributed by atoms with Crippen LogP contribution in [0.5, 0.6) is 0 Å². The van der Waals surface area contributed by atoms with Gasteiger partial charge in [-0.25, -0.2) is 9.37 Å².